The van der Waals surface area contributed by atoms with Gasteiger partial charge in [-0.25, -0.2) is 4.79 Å². The van der Waals surface area contributed by atoms with Gasteiger partial charge in [0.25, 0.3) is 0 Å². The molecule has 0 aliphatic carbocycles. The topological polar surface area (TPSA) is 167 Å². The number of hydrogen-bond acceptors (Lipinski definition) is 7. The standard InChI is InChI=1S/C35H52N6O7/c1-9-22(6)30(34(45)36-23(7)31(42)37-25-18-24-12-10-11-13-26(24)27(19-25)47-8)39-32(43)28(20(2)3)38-33(44)29(21(4)5)40-35(46)41-14-16-48-17-15-41/h10-13,18-23,28-30H,9,14-17H2,1-8H3,(H,36,45)(H,37,42)(H,38,44)(H,39,43)(H,40,46). The average molecular weight is 669 g/mol. The summed E-state index contributed by atoms with van der Waals surface area (Å²) in [5, 5.41) is 15.8. The molecule has 1 fully saturated rings. The Kier molecular flexibility index (Phi) is 14.0. The number of carbonyl (C=O) groups is 5. The summed E-state index contributed by atoms with van der Waals surface area (Å²) >= 11 is 0. The van der Waals surface area contributed by atoms with Crippen LogP contribution in [-0.2, 0) is 23.9 Å². The molecular formula is C35H52N6O7. The van der Waals surface area contributed by atoms with Gasteiger partial charge in [0.1, 0.15) is 29.9 Å². The first-order valence-electron chi connectivity index (χ1n) is 16.7. The number of amides is 6. The van der Waals surface area contributed by atoms with Crippen LogP contribution in [0.25, 0.3) is 10.8 Å². The van der Waals surface area contributed by atoms with Crippen molar-refractivity contribution in [3.8, 4) is 5.75 Å². The van der Waals surface area contributed by atoms with Crippen LogP contribution in [0.2, 0.25) is 0 Å². The fourth-order valence-electron chi connectivity index (χ4n) is 5.38. The molecule has 5 N–H and O–H groups in total. The van der Waals surface area contributed by atoms with Crippen molar-refractivity contribution < 1.29 is 33.4 Å². The average Bonchev–Trinajstić information content (AvgIpc) is 3.07. The van der Waals surface area contributed by atoms with Crippen molar-refractivity contribution in [2.45, 2.75) is 79.1 Å². The van der Waals surface area contributed by atoms with Crippen molar-refractivity contribution in [2.24, 2.45) is 17.8 Å². The number of fused-ring (bicyclic) bond motifs is 1. The van der Waals surface area contributed by atoms with Crippen LogP contribution < -0.4 is 31.3 Å². The minimum Gasteiger partial charge on any atom is -0.496 e. The number of rotatable bonds is 14. The van der Waals surface area contributed by atoms with Crippen LogP contribution in [0.3, 0.4) is 0 Å². The molecule has 1 heterocycles. The second-order valence-corrected chi connectivity index (χ2v) is 13.0. The highest BCUT2D eigenvalue weighted by Gasteiger charge is 2.35. The largest absolute Gasteiger partial charge is 0.496 e. The molecule has 3 rings (SSSR count). The van der Waals surface area contributed by atoms with Gasteiger partial charge in [-0.1, -0.05) is 72.2 Å². The number of morpholine rings is 1. The maximum absolute atomic E-state index is 13.6. The molecule has 2 aromatic rings. The molecule has 264 valence electrons. The van der Waals surface area contributed by atoms with Crippen molar-refractivity contribution in [3.63, 3.8) is 0 Å². The quantitative estimate of drug-likeness (QED) is 0.206. The molecule has 6 amide bonds. The lowest BCUT2D eigenvalue weighted by atomic mass is 9.95. The van der Waals surface area contributed by atoms with Gasteiger partial charge in [-0.3, -0.25) is 19.2 Å². The van der Waals surface area contributed by atoms with Gasteiger partial charge in [-0.2, -0.15) is 0 Å². The van der Waals surface area contributed by atoms with Gasteiger partial charge in [0.15, 0.2) is 0 Å². The Bertz CT molecular complexity index is 1440. The summed E-state index contributed by atoms with van der Waals surface area (Å²) in [4.78, 5) is 68.2. The van der Waals surface area contributed by atoms with E-state index in [0.29, 0.717) is 44.2 Å². The number of nitrogens with zero attached hydrogens (tertiary/aromatic N) is 1. The Morgan fingerprint density at radius 1 is 0.771 bits per heavy atom. The number of urea groups is 1. The molecule has 0 radical (unpaired) electrons. The second kappa shape index (κ2) is 17.7. The predicted molar refractivity (Wildman–Crippen MR) is 184 cm³/mol. The summed E-state index contributed by atoms with van der Waals surface area (Å²) in [5.41, 5.74) is 0.514. The fourth-order valence-corrected chi connectivity index (χ4v) is 5.38. The summed E-state index contributed by atoms with van der Waals surface area (Å²) in [6.07, 6.45) is 0.567. The first-order valence-corrected chi connectivity index (χ1v) is 16.7. The molecule has 2 aromatic carbocycles. The summed E-state index contributed by atoms with van der Waals surface area (Å²) in [7, 11) is 1.56. The molecule has 5 atom stereocenters. The number of carbonyl (C=O) groups excluding carboxylic acids is 5. The van der Waals surface area contributed by atoms with E-state index in [4.69, 9.17) is 9.47 Å². The van der Waals surface area contributed by atoms with Gasteiger partial charge < -0.3 is 41.0 Å². The Labute approximate surface area is 283 Å². The van der Waals surface area contributed by atoms with E-state index >= 15 is 0 Å². The third kappa shape index (κ3) is 10.1. The van der Waals surface area contributed by atoms with E-state index < -0.39 is 47.8 Å². The van der Waals surface area contributed by atoms with Crippen LogP contribution in [-0.4, -0.2) is 92.1 Å². The molecule has 1 aliphatic rings. The number of hydrogen-bond donors (Lipinski definition) is 5. The van der Waals surface area contributed by atoms with Crippen LogP contribution in [0.1, 0.15) is 54.9 Å². The van der Waals surface area contributed by atoms with Gasteiger partial charge in [0, 0.05) is 30.2 Å². The van der Waals surface area contributed by atoms with Crippen LogP contribution in [0.5, 0.6) is 5.75 Å². The molecular weight excluding hydrogens is 616 g/mol. The molecule has 5 unspecified atom stereocenters. The summed E-state index contributed by atoms with van der Waals surface area (Å²) in [6, 6.07) is 7.03. The zero-order valence-electron chi connectivity index (χ0n) is 29.3. The molecule has 13 nitrogen and oxygen atoms in total. The monoisotopic (exact) mass is 668 g/mol. The highest BCUT2D eigenvalue weighted by Crippen LogP contribution is 2.29. The Hall–Kier alpha value is -4.39. The van der Waals surface area contributed by atoms with Gasteiger partial charge in [0.2, 0.25) is 23.6 Å². The Balaban J connectivity index is 1.68. The summed E-state index contributed by atoms with van der Waals surface area (Å²) in [6.45, 7) is 14.2. The lowest BCUT2D eigenvalue weighted by molar-refractivity contribution is -0.135. The van der Waals surface area contributed by atoms with Crippen LogP contribution in [0, 0.1) is 17.8 Å². The number of anilines is 1. The van der Waals surface area contributed by atoms with Crippen LogP contribution >= 0.6 is 0 Å². The van der Waals surface area contributed by atoms with Crippen molar-refractivity contribution in [1.82, 2.24) is 26.2 Å². The minimum atomic E-state index is -0.984. The van der Waals surface area contributed by atoms with E-state index in [1.807, 2.05) is 58.0 Å². The zero-order chi connectivity index (χ0) is 35.5. The first kappa shape index (κ1) is 38.1. The number of methoxy groups -OCH3 is 1. The highest BCUT2D eigenvalue weighted by molar-refractivity contribution is 6.01. The SMILES string of the molecule is CCC(C)C(NC(=O)C(NC(=O)C(NC(=O)N1CCOCC1)C(C)C)C(C)C)C(=O)NC(C)C(=O)Nc1cc(OC)c2ccccc2c1. The molecule has 1 saturated heterocycles. The highest BCUT2D eigenvalue weighted by atomic mass is 16.5. The van der Waals surface area contributed by atoms with Gasteiger partial charge in [-0.05, 0) is 36.1 Å². The van der Waals surface area contributed by atoms with Gasteiger partial charge >= 0.3 is 6.03 Å². The van der Waals surface area contributed by atoms with Crippen molar-refractivity contribution >= 4 is 46.1 Å². The van der Waals surface area contributed by atoms with Crippen molar-refractivity contribution in [3.05, 3.63) is 36.4 Å². The zero-order valence-corrected chi connectivity index (χ0v) is 29.3. The smallest absolute Gasteiger partial charge is 0.318 e. The molecule has 0 saturated carbocycles. The maximum Gasteiger partial charge on any atom is 0.318 e. The van der Waals surface area contributed by atoms with Crippen molar-refractivity contribution in [1.29, 1.82) is 0 Å². The number of nitrogens with one attached hydrogen (secondary N) is 5. The lowest BCUT2D eigenvalue weighted by Crippen LogP contribution is -2.61. The Morgan fingerprint density at radius 2 is 1.33 bits per heavy atom. The normalized spacial score (nSPS) is 16.3. The fraction of sp³-hybridized carbons (Fsp3) is 0.571. The predicted octanol–water partition coefficient (Wildman–Crippen LogP) is 3.03. The van der Waals surface area contributed by atoms with E-state index in [-0.39, 0.29) is 23.8 Å². The third-order valence-corrected chi connectivity index (χ3v) is 8.63. The van der Waals surface area contributed by atoms with E-state index in [0.717, 1.165) is 10.8 Å². The maximum atomic E-state index is 13.6. The second-order valence-electron chi connectivity index (χ2n) is 13.0. The molecule has 48 heavy (non-hydrogen) atoms. The van der Waals surface area contributed by atoms with Crippen molar-refractivity contribution in [2.75, 3.05) is 38.7 Å². The number of ether oxygens (including phenoxy) is 2. The first-order chi connectivity index (χ1) is 22.8. The van der Waals surface area contributed by atoms with E-state index in [2.05, 4.69) is 26.6 Å². The lowest BCUT2D eigenvalue weighted by Gasteiger charge is -2.32. The van der Waals surface area contributed by atoms with Crippen LogP contribution in [0.15, 0.2) is 36.4 Å². The summed E-state index contributed by atoms with van der Waals surface area (Å²) in [5.74, 6) is -2.28. The molecule has 13 heteroatoms. The van der Waals surface area contributed by atoms with Gasteiger partial charge in [0.05, 0.1) is 20.3 Å². The molecule has 0 spiro atoms. The molecule has 0 aromatic heterocycles. The minimum absolute atomic E-state index is 0.257. The van der Waals surface area contributed by atoms with E-state index in [9.17, 15) is 24.0 Å². The molecule has 0 bridgehead atoms. The Morgan fingerprint density at radius 3 is 1.92 bits per heavy atom. The molecule has 1 aliphatic heterocycles. The number of benzene rings is 2. The van der Waals surface area contributed by atoms with E-state index in [1.54, 1.807) is 38.8 Å². The third-order valence-electron chi connectivity index (χ3n) is 8.63. The van der Waals surface area contributed by atoms with Gasteiger partial charge in [-0.15, -0.1) is 0 Å². The summed E-state index contributed by atoms with van der Waals surface area (Å²) < 4.78 is 10.8. The van der Waals surface area contributed by atoms with E-state index in [1.165, 1.54) is 0 Å². The van der Waals surface area contributed by atoms with Crippen LogP contribution in [0.4, 0.5) is 10.5 Å².